The van der Waals surface area contributed by atoms with E-state index in [4.69, 9.17) is 0 Å². The van der Waals surface area contributed by atoms with Crippen LogP contribution in [0.1, 0.15) is 43.0 Å². The van der Waals surface area contributed by atoms with Crippen LogP contribution in [0.3, 0.4) is 0 Å². The molecule has 3 rings (SSSR count). The van der Waals surface area contributed by atoms with Gasteiger partial charge < -0.3 is 9.80 Å². The van der Waals surface area contributed by atoms with Crippen LogP contribution in [0.15, 0.2) is 0 Å². The van der Waals surface area contributed by atoms with Gasteiger partial charge in [-0.1, -0.05) is 13.8 Å². The van der Waals surface area contributed by atoms with Crippen molar-refractivity contribution in [3.05, 3.63) is 22.8 Å². The van der Waals surface area contributed by atoms with Crippen LogP contribution in [-0.4, -0.2) is 67.4 Å². The van der Waals surface area contributed by atoms with Gasteiger partial charge in [0.1, 0.15) is 0 Å². The van der Waals surface area contributed by atoms with E-state index in [1.165, 1.54) is 0 Å². The Labute approximate surface area is 172 Å². The minimum absolute atomic E-state index is 0.0555. The van der Waals surface area contributed by atoms with Gasteiger partial charge in [-0.2, -0.15) is 18.2 Å². The molecular weight excluding hydrogens is 401 g/mol. The SMILES string of the molecule is Cc1nc2nc(C(F)(F)F)nn2c(C)c1CCC(=O)N1CCN(C(=O)C(C)C)CC1. The summed E-state index contributed by atoms with van der Waals surface area (Å²) in [6, 6.07) is 0. The number of alkyl halides is 3. The fraction of sp³-hybridized carbons (Fsp3) is 0.632. The Morgan fingerprint density at radius 2 is 1.63 bits per heavy atom. The molecule has 0 unspecified atom stereocenters. The summed E-state index contributed by atoms with van der Waals surface area (Å²) >= 11 is 0. The second kappa shape index (κ2) is 8.19. The van der Waals surface area contributed by atoms with Gasteiger partial charge in [-0.05, 0) is 25.8 Å². The molecule has 1 aliphatic heterocycles. The quantitative estimate of drug-likeness (QED) is 0.747. The molecule has 30 heavy (non-hydrogen) atoms. The van der Waals surface area contributed by atoms with Crippen molar-refractivity contribution in [2.45, 2.75) is 46.7 Å². The van der Waals surface area contributed by atoms with Crippen molar-refractivity contribution in [1.82, 2.24) is 29.4 Å². The number of hydrogen-bond acceptors (Lipinski definition) is 5. The molecule has 2 aromatic rings. The summed E-state index contributed by atoms with van der Waals surface area (Å²) in [6.07, 6.45) is -4.11. The van der Waals surface area contributed by atoms with Crippen molar-refractivity contribution in [3.63, 3.8) is 0 Å². The van der Waals surface area contributed by atoms with Crippen LogP contribution in [0.5, 0.6) is 0 Å². The van der Waals surface area contributed by atoms with Gasteiger partial charge in [-0.15, -0.1) is 5.10 Å². The number of amides is 2. The maximum atomic E-state index is 12.9. The molecule has 2 amide bonds. The van der Waals surface area contributed by atoms with Crippen molar-refractivity contribution in [3.8, 4) is 0 Å². The summed E-state index contributed by atoms with van der Waals surface area (Å²) in [5.74, 6) is -1.40. The molecule has 11 heteroatoms. The minimum atomic E-state index is -4.65. The predicted octanol–water partition coefficient (Wildman–Crippen LogP) is 2.02. The van der Waals surface area contributed by atoms with Crippen molar-refractivity contribution in [2.24, 2.45) is 5.92 Å². The molecule has 0 aromatic carbocycles. The normalized spacial score (nSPS) is 15.3. The number of nitrogens with zero attached hydrogens (tertiary/aromatic N) is 6. The molecule has 0 saturated carbocycles. The second-order valence-corrected chi connectivity index (χ2v) is 7.77. The first-order valence-electron chi connectivity index (χ1n) is 9.85. The number of halogens is 3. The van der Waals surface area contributed by atoms with Gasteiger partial charge in [0.25, 0.3) is 11.6 Å². The van der Waals surface area contributed by atoms with Crippen molar-refractivity contribution in [2.75, 3.05) is 26.2 Å². The van der Waals surface area contributed by atoms with Crippen LogP contribution in [0, 0.1) is 19.8 Å². The Balaban J connectivity index is 1.67. The lowest BCUT2D eigenvalue weighted by Crippen LogP contribution is -2.51. The first kappa shape index (κ1) is 22.0. The molecule has 0 aliphatic carbocycles. The first-order valence-corrected chi connectivity index (χ1v) is 9.85. The monoisotopic (exact) mass is 426 g/mol. The lowest BCUT2D eigenvalue weighted by Gasteiger charge is -2.35. The highest BCUT2D eigenvalue weighted by Crippen LogP contribution is 2.27. The Hall–Kier alpha value is -2.72. The van der Waals surface area contributed by atoms with E-state index >= 15 is 0 Å². The number of rotatable bonds is 4. The van der Waals surface area contributed by atoms with E-state index in [1.807, 2.05) is 13.8 Å². The Morgan fingerprint density at radius 3 is 2.20 bits per heavy atom. The average molecular weight is 426 g/mol. The highest BCUT2D eigenvalue weighted by atomic mass is 19.4. The summed E-state index contributed by atoms with van der Waals surface area (Å²) < 4.78 is 39.8. The lowest BCUT2D eigenvalue weighted by molar-refractivity contribution is -0.144. The van der Waals surface area contributed by atoms with Gasteiger partial charge >= 0.3 is 6.18 Å². The van der Waals surface area contributed by atoms with Crippen LogP contribution < -0.4 is 0 Å². The topological polar surface area (TPSA) is 83.7 Å². The molecule has 0 N–H and O–H groups in total. The molecule has 1 saturated heterocycles. The molecule has 1 aliphatic rings. The smallest absolute Gasteiger partial charge is 0.339 e. The minimum Gasteiger partial charge on any atom is -0.339 e. The number of fused-ring (bicyclic) bond motifs is 1. The van der Waals surface area contributed by atoms with Crippen LogP contribution >= 0.6 is 0 Å². The van der Waals surface area contributed by atoms with E-state index in [0.29, 0.717) is 49.6 Å². The van der Waals surface area contributed by atoms with Gasteiger partial charge in [0.05, 0.1) is 0 Å². The van der Waals surface area contributed by atoms with Crippen molar-refractivity contribution < 1.29 is 22.8 Å². The lowest BCUT2D eigenvalue weighted by atomic mass is 10.1. The zero-order valence-electron chi connectivity index (χ0n) is 17.5. The van der Waals surface area contributed by atoms with Gasteiger partial charge in [0.2, 0.25) is 11.8 Å². The number of piperazine rings is 1. The van der Waals surface area contributed by atoms with Crippen LogP contribution in [0.2, 0.25) is 0 Å². The van der Waals surface area contributed by atoms with Gasteiger partial charge in [-0.25, -0.2) is 9.50 Å². The van der Waals surface area contributed by atoms with Gasteiger partial charge in [-0.3, -0.25) is 9.59 Å². The molecule has 0 radical (unpaired) electrons. The highest BCUT2D eigenvalue weighted by molar-refractivity contribution is 5.79. The van der Waals surface area contributed by atoms with Crippen molar-refractivity contribution >= 4 is 17.6 Å². The zero-order valence-corrected chi connectivity index (χ0v) is 17.5. The fourth-order valence-electron chi connectivity index (χ4n) is 3.62. The Kier molecular flexibility index (Phi) is 6.00. The standard InChI is InChI=1S/C19H25F3N6O2/c1-11(2)16(30)27-9-7-26(8-10-27)15(29)6-5-14-12(3)23-18-24-17(19(20,21)22)25-28(18)13(14)4/h11H,5-10H2,1-4H3. The summed E-state index contributed by atoms with van der Waals surface area (Å²) in [4.78, 5) is 35.8. The van der Waals surface area contributed by atoms with Crippen LogP contribution in [0.4, 0.5) is 13.2 Å². The van der Waals surface area contributed by atoms with Crippen LogP contribution in [-0.2, 0) is 22.2 Å². The zero-order chi connectivity index (χ0) is 22.2. The van der Waals surface area contributed by atoms with Gasteiger partial charge in [0.15, 0.2) is 0 Å². The predicted molar refractivity (Wildman–Crippen MR) is 102 cm³/mol. The Bertz CT molecular complexity index is 961. The van der Waals surface area contributed by atoms with E-state index < -0.39 is 12.0 Å². The van der Waals surface area contributed by atoms with Crippen molar-refractivity contribution in [1.29, 1.82) is 0 Å². The maximum absolute atomic E-state index is 12.9. The first-order chi connectivity index (χ1) is 14.0. The van der Waals surface area contributed by atoms with Gasteiger partial charge in [0, 0.05) is 49.9 Å². The van der Waals surface area contributed by atoms with Crippen LogP contribution in [0.25, 0.3) is 5.78 Å². The molecule has 0 spiro atoms. The third kappa shape index (κ3) is 4.39. The number of carbonyl (C=O) groups excluding carboxylic acids is 2. The molecule has 164 valence electrons. The number of carbonyl (C=O) groups is 2. The largest absolute Gasteiger partial charge is 0.453 e. The summed E-state index contributed by atoms with van der Waals surface area (Å²) in [7, 11) is 0. The van der Waals surface area contributed by atoms with E-state index in [0.717, 1.165) is 4.52 Å². The summed E-state index contributed by atoms with van der Waals surface area (Å²) in [5.41, 5.74) is 1.70. The summed E-state index contributed by atoms with van der Waals surface area (Å²) in [6.45, 7) is 9.00. The van der Waals surface area contributed by atoms with E-state index in [-0.39, 0.29) is 29.9 Å². The molecule has 1 fully saturated rings. The number of aryl methyl sites for hydroxylation is 2. The third-order valence-electron chi connectivity index (χ3n) is 5.33. The number of hydrogen-bond donors (Lipinski definition) is 0. The molecule has 0 atom stereocenters. The summed E-state index contributed by atoms with van der Waals surface area (Å²) in [5, 5.41) is 3.53. The highest BCUT2D eigenvalue weighted by Gasteiger charge is 2.37. The molecule has 3 heterocycles. The molecule has 2 aromatic heterocycles. The molecular formula is C19H25F3N6O2. The third-order valence-corrected chi connectivity index (χ3v) is 5.33. The van der Waals surface area contributed by atoms with E-state index in [2.05, 4.69) is 15.1 Å². The fourth-order valence-corrected chi connectivity index (χ4v) is 3.62. The maximum Gasteiger partial charge on any atom is 0.453 e. The van der Waals surface area contributed by atoms with E-state index in [9.17, 15) is 22.8 Å². The Morgan fingerprint density at radius 1 is 1.03 bits per heavy atom. The molecule has 0 bridgehead atoms. The molecule has 8 nitrogen and oxygen atoms in total. The number of aromatic nitrogens is 4. The average Bonchev–Trinajstić information content (AvgIpc) is 3.11. The van der Waals surface area contributed by atoms with E-state index in [1.54, 1.807) is 23.6 Å². The second-order valence-electron chi connectivity index (χ2n) is 7.77.